The van der Waals surface area contributed by atoms with Gasteiger partial charge in [-0.1, -0.05) is 54.6 Å². The lowest BCUT2D eigenvalue weighted by atomic mass is 9.85. The lowest BCUT2D eigenvalue weighted by molar-refractivity contribution is 0.100. The fourth-order valence-corrected chi connectivity index (χ4v) is 3.95. The van der Waals surface area contributed by atoms with Crippen LogP contribution in [0, 0.1) is 0 Å². The largest absolute Gasteiger partial charge is 0.343 e. The van der Waals surface area contributed by atoms with E-state index in [1.54, 1.807) is 6.07 Å². The first-order chi connectivity index (χ1) is 12.7. The van der Waals surface area contributed by atoms with Gasteiger partial charge in [-0.05, 0) is 23.8 Å². The number of hydrogen-bond acceptors (Lipinski definition) is 2. The Balaban J connectivity index is 1.87. The maximum atomic E-state index is 13.4. The second-order valence-corrected chi connectivity index (χ2v) is 6.58. The van der Waals surface area contributed by atoms with Gasteiger partial charge in [-0.3, -0.25) is 9.59 Å². The molecule has 3 nitrogen and oxygen atoms in total. The molecular formula is C23H15NO2. The van der Waals surface area contributed by atoms with Crippen LogP contribution in [-0.2, 0) is 7.05 Å². The zero-order chi connectivity index (χ0) is 17.8. The van der Waals surface area contributed by atoms with E-state index in [9.17, 15) is 9.59 Å². The Morgan fingerprint density at radius 1 is 0.769 bits per heavy atom. The van der Waals surface area contributed by atoms with Crippen molar-refractivity contribution < 1.29 is 9.59 Å². The monoisotopic (exact) mass is 337 g/mol. The van der Waals surface area contributed by atoms with Gasteiger partial charge in [0.05, 0.1) is 11.1 Å². The van der Waals surface area contributed by atoms with Crippen molar-refractivity contribution in [3.8, 4) is 0 Å². The zero-order valence-electron chi connectivity index (χ0n) is 14.2. The summed E-state index contributed by atoms with van der Waals surface area (Å²) >= 11 is 0. The molecule has 1 aliphatic carbocycles. The molecule has 0 N–H and O–H groups in total. The van der Waals surface area contributed by atoms with Gasteiger partial charge in [-0.25, -0.2) is 0 Å². The van der Waals surface area contributed by atoms with Crippen LogP contribution in [0.4, 0.5) is 0 Å². The number of hydrogen-bond donors (Lipinski definition) is 0. The van der Waals surface area contributed by atoms with E-state index < -0.39 is 0 Å². The first-order valence-corrected chi connectivity index (χ1v) is 8.53. The molecule has 26 heavy (non-hydrogen) atoms. The molecule has 4 aromatic rings. The van der Waals surface area contributed by atoms with Crippen LogP contribution in [-0.4, -0.2) is 16.1 Å². The van der Waals surface area contributed by atoms with Gasteiger partial charge in [0.15, 0.2) is 11.6 Å². The van der Waals surface area contributed by atoms with Gasteiger partial charge in [-0.2, -0.15) is 0 Å². The Labute approximate surface area is 150 Å². The highest BCUT2D eigenvalue weighted by atomic mass is 16.1. The minimum Gasteiger partial charge on any atom is -0.343 e. The molecule has 0 fully saturated rings. The normalized spacial score (nSPS) is 14.0. The molecule has 1 heterocycles. The molecule has 3 aromatic carbocycles. The third-order valence-electron chi connectivity index (χ3n) is 5.17. The predicted octanol–water partition coefficient (Wildman–Crippen LogP) is 4.79. The molecule has 0 bridgehead atoms. The smallest absolute Gasteiger partial charge is 0.196 e. The molecule has 0 unspecified atom stereocenters. The molecule has 0 atom stereocenters. The van der Waals surface area contributed by atoms with Gasteiger partial charge in [-0.15, -0.1) is 0 Å². The van der Waals surface area contributed by atoms with E-state index in [4.69, 9.17) is 0 Å². The van der Waals surface area contributed by atoms with E-state index in [1.807, 2.05) is 72.3 Å². The number of nitrogens with zero attached hydrogens (tertiary/aromatic N) is 1. The molecule has 0 saturated carbocycles. The van der Waals surface area contributed by atoms with Crippen LogP contribution < -0.4 is 0 Å². The third-order valence-corrected chi connectivity index (χ3v) is 5.17. The van der Waals surface area contributed by atoms with Crippen molar-refractivity contribution in [2.75, 3.05) is 0 Å². The fourth-order valence-electron chi connectivity index (χ4n) is 3.95. The highest BCUT2D eigenvalue weighted by Crippen LogP contribution is 2.36. The van der Waals surface area contributed by atoms with Gasteiger partial charge in [0.25, 0.3) is 0 Å². The number of aryl methyl sites for hydroxylation is 1. The highest BCUT2D eigenvalue weighted by molar-refractivity contribution is 6.41. The zero-order valence-corrected chi connectivity index (χ0v) is 14.2. The number of carbonyl (C=O) groups excluding carboxylic acids is 2. The van der Waals surface area contributed by atoms with Crippen molar-refractivity contribution in [2.45, 2.75) is 0 Å². The second-order valence-electron chi connectivity index (χ2n) is 6.58. The topological polar surface area (TPSA) is 39.1 Å². The summed E-state index contributed by atoms with van der Waals surface area (Å²) in [6.07, 6.45) is 1.47. The minimum atomic E-state index is -0.120. The minimum absolute atomic E-state index is 0.0951. The summed E-state index contributed by atoms with van der Waals surface area (Å²) < 4.78 is 2.02. The molecular weight excluding hydrogens is 322 g/mol. The van der Waals surface area contributed by atoms with E-state index in [0.717, 1.165) is 27.4 Å². The van der Waals surface area contributed by atoms with Gasteiger partial charge in [0.2, 0.25) is 0 Å². The standard InChI is InChI=1S/C23H15NO2/c1-24-19-10-6-5-9-15(19)16-11-12-17-20(25)13-18(14-7-3-2-4-8-14)23(26)21(17)22(16)24/h2-13H,1H3. The number of ketones is 2. The van der Waals surface area contributed by atoms with Crippen LogP contribution in [0.15, 0.2) is 72.8 Å². The predicted molar refractivity (Wildman–Crippen MR) is 104 cm³/mol. The third kappa shape index (κ3) is 1.88. The fraction of sp³-hybridized carbons (Fsp3) is 0.0435. The van der Waals surface area contributed by atoms with Crippen LogP contribution in [0.2, 0.25) is 0 Å². The molecule has 1 aliphatic rings. The Morgan fingerprint density at radius 2 is 1.50 bits per heavy atom. The van der Waals surface area contributed by atoms with Crippen LogP contribution in [0.1, 0.15) is 26.3 Å². The second kappa shape index (κ2) is 5.27. The van der Waals surface area contributed by atoms with E-state index in [-0.39, 0.29) is 11.6 Å². The lowest BCUT2D eigenvalue weighted by Crippen LogP contribution is -2.17. The number of Topliss-reactive ketones (excluding diaryl/α,β-unsaturated/α-hetero) is 1. The van der Waals surface area contributed by atoms with Crippen LogP contribution in [0.5, 0.6) is 0 Å². The number of aromatic nitrogens is 1. The molecule has 0 saturated heterocycles. The van der Waals surface area contributed by atoms with Gasteiger partial charge >= 0.3 is 0 Å². The summed E-state index contributed by atoms with van der Waals surface area (Å²) in [4.78, 5) is 26.1. The van der Waals surface area contributed by atoms with Crippen molar-refractivity contribution in [3.05, 3.63) is 89.5 Å². The Kier molecular flexibility index (Phi) is 3.01. The summed E-state index contributed by atoms with van der Waals surface area (Å²) in [7, 11) is 1.95. The maximum absolute atomic E-state index is 13.4. The molecule has 0 amide bonds. The van der Waals surface area contributed by atoms with Crippen molar-refractivity contribution in [1.82, 2.24) is 4.57 Å². The van der Waals surface area contributed by atoms with E-state index in [2.05, 4.69) is 0 Å². The van der Waals surface area contributed by atoms with Gasteiger partial charge in [0.1, 0.15) is 0 Å². The van der Waals surface area contributed by atoms with Crippen molar-refractivity contribution >= 4 is 38.9 Å². The molecule has 0 spiro atoms. The van der Waals surface area contributed by atoms with Crippen LogP contribution in [0.25, 0.3) is 27.4 Å². The van der Waals surface area contributed by atoms with E-state index in [1.165, 1.54) is 6.08 Å². The van der Waals surface area contributed by atoms with Crippen molar-refractivity contribution in [1.29, 1.82) is 0 Å². The quantitative estimate of drug-likeness (QED) is 0.501. The summed E-state index contributed by atoms with van der Waals surface area (Å²) in [5.41, 5.74) is 4.09. The lowest BCUT2D eigenvalue weighted by Gasteiger charge is -2.17. The van der Waals surface area contributed by atoms with Crippen molar-refractivity contribution in [2.24, 2.45) is 7.05 Å². The summed E-state index contributed by atoms with van der Waals surface area (Å²) in [6.45, 7) is 0. The summed E-state index contributed by atoms with van der Waals surface area (Å²) in [5.74, 6) is -0.215. The Morgan fingerprint density at radius 3 is 2.31 bits per heavy atom. The number of para-hydroxylation sites is 1. The molecule has 3 heteroatoms. The Bertz CT molecular complexity index is 1260. The first kappa shape index (κ1) is 14.8. The average molecular weight is 337 g/mol. The van der Waals surface area contributed by atoms with E-state index in [0.29, 0.717) is 16.7 Å². The first-order valence-electron chi connectivity index (χ1n) is 8.53. The SMILES string of the molecule is Cn1c2ccccc2c2ccc3c(c21)C(=O)C(c1ccccc1)=CC3=O. The molecule has 0 aliphatic heterocycles. The number of fused-ring (bicyclic) bond motifs is 5. The highest BCUT2D eigenvalue weighted by Gasteiger charge is 2.30. The maximum Gasteiger partial charge on any atom is 0.196 e. The summed E-state index contributed by atoms with van der Waals surface area (Å²) in [6, 6.07) is 21.2. The molecule has 5 rings (SSSR count). The number of allylic oxidation sites excluding steroid dienone is 2. The summed E-state index contributed by atoms with van der Waals surface area (Å²) in [5, 5.41) is 2.08. The number of benzene rings is 3. The molecule has 1 aromatic heterocycles. The van der Waals surface area contributed by atoms with Crippen LogP contribution in [0.3, 0.4) is 0 Å². The number of carbonyl (C=O) groups is 2. The number of rotatable bonds is 1. The van der Waals surface area contributed by atoms with Crippen LogP contribution >= 0.6 is 0 Å². The van der Waals surface area contributed by atoms with Crippen molar-refractivity contribution in [3.63, 3.8) is 0 Å². The van der Waals surface area contributed by atoms with Gasteiger partial charge < -0.3 is 4.57 Å². The average Bonchev–Trinajstić information content (AvgIpc) is 2.98. The van der Waals surface area contributed by atoms with E-state index >= 15 is 0 Å². The molecule has 124 valence electrons. The Hall–Kier alpha value is -3.46. The molecule has 0 radical (unpaired) electrons. The van der Waals surface area contributed by atoms with Gasteiger partial charge in [0, 0.05) is 34.5 Å².